The Balaban J connectivity index is 2.32. The highest BCUT2D eigenvalue weighted by molar-refractivity contribution is 5.90. The highest BCUT2D eigenvalue weighted by Gasteiger charge is 2.17. The zero-order valence-corrected chi connectivity index (χ0v) is 11.2. The van der Waals surface area contributed by atoms with Gasteiger partial charge in [-0.3, -0.25) is 0 Å². The van der Waals surface area contributed by atoms with Crippen LogP contribution in [-0.4, -0.2) is 23.2 Å². The van der Waals surface area contributed by atoms with Gasteiger partial charge in [0.15, 0.2) is 11.4 Å². The van der Waals surface area contributed by atoms with Crippen LogP contribution in [0.5, 0.6) is 5.75 Å². The molecule has 2 aromatic rings. The number of hydrogen-bond acceptors (Lipinski definition) is 4. The molecule has 1 aromatic heterocycles. The molecule has 0 radical (unpaired) electrons. The lowest BCUT2D eigenvalue weighted by Crippen LogP contribution is -2.07. The average Bonchev–Trinajstić information content (AvgIpc) is 2.45. The maximum absolute atomic E-state index is 12.8. The third-order valence-electron chi connectivity index (χ3n) is 3.10. The molecule has 5 heteroatoms. The number of halogens is 1. The van der Waals surface area contributed by atoms with Crippen molar-refractivity contribution >= 4 is 5.97 Å². The first-order chi connectivity index (χ1) is 9.52. The summed E-state index contributed by atoms with van der Waals surface area (Å²) in [5, 5.41) is 9.98. The lowest BCUT2D eigenvalue weighted by Gasteiger charge is -2.10. The molecule has 0 saturated carbocycles. The van der Waals surface area contributed by atoms with E-state index in [9.17, 15) is 14.3 Å². The molecular weight excluding hydrogens is 261 g/mol. The Hall–Kier alpha value is -2.43. The highest BCUT2D eigenvalue weighted by Crippen LogP contribution is 2.25. The van der Waals surface area contributed by atoms with E-state index in [0.29, 0.717) is 12.0 Å². The van der Waals surface area contributed by atoms with Gasteiger partial charge in [-0.1, -0.05) is 12.1 Å². The minimum Gasteiger partial charge on any atom is -0.505 e. The van der Waals surface area contributed by atoms with Crippen molar-refractivity contribution in [3.63, 3.8) is 0 Å². The molecule has 0 saturated heterocycles. The zero-order chi connectivity index (χ0) is 14.7. The quantitative estimate of drug-likeness (QED) is 0.875. The lowest BCUT2D eigenvalue weighted by molar-refractivity contribution is 0.0590. The number of rotatable bonds is 3. The first-order valence-electron chi connectivity index (χ1n) is 6.03. The second-order valence-electron chi connectivity index (χ2n) is 4.40. The number of aromatic nitrogens is 1. The SMILES string of the molecule is COC(=O)c1ncc(Cc2ccc(F)cc2)c(C)c1O. The van der Waals surface area contributed by atoms with Crippen LogP contribution in [0.3, 0.4) is 0 Å². The van der Waals surface area contributed by atoms with E-state index in [1.807, 2.05) is 0 Å². The summed E-state index contributed by atoms with van der Waals surface area (Å²) in [5.41, 5.74) is 2.11. The average molecular weight is 275 g/mol. The van der Waals surface area contributed by atoms with Crippen molar-refractivity contribution < 1.29 is 19.0 Å². The topological polar surface area (TPSA) is 59.4 Å². The number of benzene rings is 1. The maximum atomic E-state index is 12.8. The molecule has 0 atom stereocenters. The lowest BCUT2D eigenvalue weighted by atomic mass is 10.0. The molecule has 0 spiro atoms. The van der Waals surface area contributed by atoms with Crippen molar-refractivity contribution in [3.8, 4) is 5.75 Å². The highest BCUT2D eigenvalue weighted by atomic mass is 19.1. The van der Waals surface area contributed by atoms with Gasteiger partial charge >= 0.3 is 5.97 Å². The van der Waals surface area contributed by atoms with E-state index in [2.05, 4.69) is 9.72 Å². The maximum Gasteiger partial charge on any atom is 0.360 e. The summed E-state index contributed by atoms with van der Waals surface area (Å²) in [6.07, 6.45) is 2.01. The molecule has 1 heterocycles. The van der Waals surface area contributed by atoms with Crippen LogP contribution < -0.4 is 0 Å². The fourth-order valence-corrected chi connectivity index (χ4v) is 1.88. The number of esters is 1. The molecule has 1 N–H and O–H groups in total. The number of aromatic hydroxyl groups is 1. The molecule has 0 aliphatic heterocycles. The first-order valence-corrected chi connectivity index (χ1v) is 6.03. The summed E-state index contributed by atoms with van der Waals surface area (Å²) in [7, 11) is 1.23. The predicted octanol–water partition coefficient (Wildman–Crippen LogP) is 2.61. The van der Waals surface area contributed by atoms with Gasteiger partial charge in [0.1, 0.15) is 5.82 Å². The number of methoxy groups -OCH3 is 1. The Morgan fingerprint density at radius 3 is 2.60 bits per heavy atom. The van der Waals surface area contributed by atoms with Crippen molar-refractivity contribution in [1.82, 2.24) is 4.98 Å². The Kier molecular flexibility index (Phi) is 3.98. The van der Waals surface area contributed by atoms with Crippen molar-refractivity contribution in [3.05, 3.63) is 58.7 Å². The van der Waals surface area contributed by atoms with Crippen molar-refractivity contribution in [2.45, 2.75) is 13.3 Å². The second-order valence-corrected chi connectivity index (χ2v) is 4.40. The van der Waals surface area contributed by atoms with Crippen LogP contribution in [0.1, 0.15) is 27.2 Å². The van der Waals surface area contributed by atoms with Gasteiger partial charge in [-0.05, 0) is 42.2 Å². The van der Waals surface area contributed by atoms with Gasteiger partial charge in [-0.2, -0.15) is 0 Å². The number of carbonyl (C=O) groups is 1. The molecule has 2 rings (SSSR count). The molecular formula is C15H14FNO3. The van der Waals surface area contributed by atoms with E-state index < -0.39 is 5.97 Å². The minimum absolute atomic E-state index is 0.104. The normalized spacial score (nSPS) is 10.3. The molecule has 0 aliphatic rings. The second kappa shape index (κ2) is 5.69. The minimum atomic E-state index is -0.682. The molecule has 0 unspecified atom stereocenters. The summed E-state index contributed by atoms with van der Waals surface area (Å²) in [6, 6.07) is 6.08. The molecule has 0 fully saturated rings. The van der Waals surface area contributed by atoms with Crippen LogP contribution in [0.15, 0.2) is 30.5 Å². The van der Waals surface area contributed by atoms with Crippen molar-refractivity contribution in [2.24, 2.45) is 0 Å². The van der Waals surface area contributed by atoms with Gasteiger partial charge in [-0.25, -0.2) is 14.2 Å². The van der Waals surface area contributed by atoms with Gasteiger partial charge in [-0.15, -0.1) is 0 Å². The summed E-state index contributed by atoms with van der Waals surface area (Å²) >= 11 is 0. The van der Waals surface area contributed by atoms with E-state index in [1.54, 1.807) is 19.1 Å². The number of pyridine rings is 1. The first kappa shape index (κ1) is 14.0. The molecule has 20 heavy (non-hydrogen) atoms. The van der Waals surface area contributed by atoms with Gasteiger partial charge < -0.3 is 9.84 Å². The van der Waals surface area contributed by atoms with E-state index in [1.165, 1.54) is 25.4 Å². The van der Waals surface area contributed by atoms with Crippen LogP contribution in [0.25, 0.3) is 0 Å². The van der Waals surface area contributed by atoms with Gasteiger partial charge in [0.05, 0.1) is 7.11 Å². The standard InChI is InChI=1S/C15H14FNO3/c1-9-11(7-10-3-5-12(16)6-4-10)8-17-13(14(9)18)15(19)20-2/h3-6,8,18H,7H2,1-2H3. The predicted molar refractivity (Wildman–Crippen MR) is 71.2 cm³/mol. The van der Waals surface area contributed by atoms with Crippen LogP contribution >= 0.6 is 0 Å². The summed E-state index contributed by atoms with van der Waals surface area (Å²) in [6.45, 7) is 1.70. The van der Waals surface area contributed by atoms with E-state index in [-0.39, 0.29) is 17.3 Å². The Labute approximate surface area is 115 Å². The summed E-state index contributed by atoms with van der Waals surface area (Å²) in [5.74, 6) is -1.16. The zero-order valence-electron chi connectivity index (χ0n) is 11.2. The van der Waals surface area contributed by atoms with Crippen LogP contribution in [-0.2, 0) is 11.2 Å². The molecule has 104 valence electrons. The fourth-order valence-electron chi connectivity index (χ4n) is 1.88. The smallest absolute Gasteiger partial charge is 0.360 e. The van der Waals surface area contributed by atoms with Crippen molar-refractivity contribution in [2.75, 3.05) is 7.11 Å². The van der Waals surface area contributed by atoms with Crippen LogP contribution in [0, 0.1) is 12.7 Å². The largest absolute Gasteiger partial charge is 0.505 e. The Bertz CT molecular complexity index is 638. The third kappa shape index (κ3) is 2.77. The van der Waals surface area contributed by atoms with E-state index in [0.717, 1.165) is 11.1 Å². The molecule has 1 aromatic carbocycles. The monoisotopic (exact) mass is 275 g/mol. The van der Waals surface area contributed by atoms with Crippen LogP contribution in [0.4, 0.5) is 4.39 Å². The Morgan fingerprint density at radius 2 is 2.00 bits per heavy atom. The summed E-state index contributed by atoms with van der Waals surface area (Å²) in [4.78, 5) is 15.3. The summed E-state index contributed by atoms with van der Waals surface area (Å²) < 4.78 is 17.4. The fraction of sp³-hybridized carbons (Fsp3) is 0.200. The van der Waals surface area contributed by atoms with Gasteiger partial charge in [0.2, 0.25) is 0 Å². The van der Waals surface area contributed by atoms with Gasteiger partial charge in [0, 0.05) is 6.20 Å². The molecule has 0 aliphatic carbocycles. The number of ether oxygens (including phenoxy) is 1. The number of carbonyl (C=O) groups excluding carboxylic acids is 1. The molecule has 4 nitrogen and oxygen atoms in total. The van der Waals surface area contributed by atoms with E-state index >= 15 is 0 Å². The number of hydrogen-bond donors (Lipinski definition) is 1. The third-order valence-corrected chi connectivity index (χ3v) is 3.10. The van der Waals surface area contributed by atoms with E-state index in [4.69, 9.17) is 0 Å². The molecule has 0 amide bonds. The van der Waals surface area contributed by atoms with Gasteiger partial charge in [0.25, 0.3) is 0 Å². The van der Waals surface area contributed by atoms with Crippen molar-refractivity contribution in [1.29, 1.82) is 0 Å². The molecule has 0 bridgehead atoms. The Morgan fingerprint density at radius 1 is 1.35 bits per heavy atom. The van der Waals surface area contributed by atoms with Crippen LogP contribution in [0.2, 0.25) is 0 Å². The number of nitrogens with zero attached hydrogens (tertiary/aromatic N) is 1.